The SMILES string of the molecule is CN(Cc1cnn(C)c1)C(=O)NC(CCC(=O)O)Cc1ccccc1. The molecule has 0 bridgehead atoms. The maximum atomic E-state index is 12.4. The summed E-state index contributed by atoms with van der Waals surface area (Å²) in [5, 5.41) is 16.0. The number of amides is 2. The normalized spacial score (nSPS) is 11.8. The molecule has 1 atom stereocenters. The predicted octanol–water partition coefficient (Wildman–Crippen LogP) is 2.04. The van der Waals surface area contributed by atoms with E-state index < -0.39 is 5.97 Å². The summed E-state index contributed by atoms with van der Waals surface area (Å²) in [5.41, 5.74) is 2.00. The summed E-state index contributed by atoms with van der Waals surface area (Å²) in [4.78, 5) is 24.9. The molecule has 0 spiro atoms. The van der Waals surface area contributed by atoms with Crippen molar-refractivity contribution in [3.8, 4) is 0 Å². The van der Waals surface area contributed by atoms with Crippen LogP contribution in [0.3, 0.4) is 0 Å². The minimum atomic E-state index is -0.865. The summed E-state index contributed by atoms with van der Waals surface area (Å²) in [6.45, 7) is 0.441. The van der Waals surface area contributed by atoms with Gasteiger partial charge in [-0.15, -0.1) is 0 Å². The van der Waals surface area contributed by atoms with Gasteiger partial charge in [0.15, 0.2) is 0 Å². The Morgan fingerprint density at radius 2 is 2.00 bits per heavy atom. The molecule has 1 unspecified atom stereocenters. The summed E-state index contributed by atoms with van der Waals surface area (Å²) in [6.07, 6.45) is 4.58. The van der Waals surface area contributed by atoms with E-state index in [1.165, 1.54) is 0 Å². The molecular formula is C18H24N4O3. The molecule has 7 heteroatoms. The molecule has 2 amide bonds. The standard InChI is InChI=1S/C18H24N4O3/c1-21(12-15-11-19-22(2)13-15)18(25)20-16(8-9-17(23)24)10-14-6-4-3-5-7-14/h3-7,11,13,16H,8-10,12H2,1-2H3,(H,20,25)(H,23,24). The number of carbonyl (C=O) groups excluding carboxylic acids is 1. The van der Waals surface area contributed by atoms with Crippen molar-refractivity contribution in [2.75, 3.05) is 7.05 Å². The van der Waals surface area contributed by atoms with Crippen LogP contribution in [0.4, 0.5) is 4.79 Å². The van der Waals surface area contributed by atoms with Crippen LogP contribution in [0.5, 0.6) is 0 Å². The molecule has 0 radical (unpaired) electrons. The number of nitrogens with zero attached hydrogens (tertiary/aromatic N) is 3. The summed E-state index contributed by atoms with van der Waals surface area (Å²) >= 11 is 0. The van der Waals surface area contributed by atoms with Gasteiger partial charge in [0.25, 0.3) is 0 Å². The monoisotopic (exact) mass is 344 g/mol. The van der Waals surface area contributed by atoms with Gasteiger partial charge in [-0.25, -0.2) is 4.79 Å². The first kappa shape index (κ1) is 18.5. The molecule has 1 aromatic heterocycles. The van der Waals surface area contributed by atoms with Crippen molar-refractivity contribution in [1.82, 2.24) is 20.0 Å². The summed E-state index contributed by atoms with van der Waals surface area (Å²) in [5.74, 6) is -0.865. The highest BCUT2D eigenvalue weighted by Gasteiger charge is 2.17. The van der Waals surface area contributed by atoms with E-state index in [0.717, 1.165) is 11.1 Å². The number of aliphatic carboxylic acids is 1. The number of aromatic nitrogens is 2. The van der Waals surface area contributed by atoms with E-state index in [9.17, 15) is 9.59 Å². The average molecular weight is 344 g/mol. The van der Waals surface area contributed by atoms with Crippen LogP contribution in [-0.2, 0) is 24.8 Å². The van der Waals surface area contributed by atoms with Crippen LogP contribution in [0.1, 0.15) is 24.0 Å². The molecule has 2 rings (SSSR count). The highest BCUT2D eigenvalue weighted by Crippen LogP contribution is 2.09. The number of hydrogen-bond donors (Lipinski definition) is 2. The van der Waals surface area contributed by atoms with Gasteiger partial charge in [0.05, 0.1) is 12.7 Å². The lowest BCUT2D eigenvalue weighted by molar-refractivity contribution is -0.137. The topological polar surface area (TPSA) is 87.5 Å². The summed E-state index contributed by atoms with van der Waals surface area (Å²) in [6, 6.07) is 9.27. The van der Waals surface area contributed by atoms with Gasteiger partial charge in [-0.3, -0.25) is 9.48 Å². The number of aryl methyl sites for hydroxylation is 1. The number of carboxylic acid groups (broad SMARTS) is 1. The summed E-state index contributed by atoms with van der Waals surface area (Å²) in [7, 11) is 3.53. The van der Waals surface area contributed by atoms with Crippen LogP contribution in [0.25, 0.3) is 0 Å². The predicted molar refractivity (Wildman–Crippen MR) is 94.0 cm³/mol. The first-order valence-corrected chi connectivity index (χ1v) is 8.19. The molecule has 0 aliphatic rings. The van der Waals surface area contributed by atoms with E-state index in [2.05, 4.69) is 10.4 Å². The van der Waals surface area contributed by atoms with Crippen molar-refractivity contribution in [1.29, 1.82) is 0 Å². The first-order valence-electron chi connectivity index (χ1n) is 8.19. The van der Waals surface area contributed by atoms with Crippen molar-refractivity contribution < 1.29 is 14.7 Å². The molecule has 0 fully saturated rings. The number of nitrogens with one attached hydrogen (secondary N) is 1. The van der Waals surface area contributed by atoms with E-state index in [1.807, 2.05) is 43.6 Å². The maximum Gasteiger partial charge on any atom is 0.317 e. The maximum absolute atomic E-state index is 12.4. The third-order valence-corrected chi connectivity index (χ3v) is 3.88. The lowest BCUT2D eigenvalue weighted by Gasteiger charge is -2.23. The minimum Gasteiger partial charge on any atom is -0.481 e. The molecule has 0 saturated heterocycles. The Hall–Kier alpha value is -2.83. The largest absolute Gasteiger partial charge is 0.481 e. The lowest BCUT2D eigenvalue weighted by atomic mass is 10.0. The van der Waals surface area contributed by atoms with Gasteiger partial charge >= 0.3 is 12.0 Å². The van der Waals surface area contributed by atoms with E-state index in [4.69, 9.17) is 5.11 Å². The second-order valence-electron chi connectivity index (χ2n) is 6.15. The van der Waals surface area contributed by atoms with Crippen LogP contribution < -0.4 is 5.32 Å². The van der Waals surface area contributed by atoms with Crippen molar-refractivity contribution >= 4 is 12.0 Å². The molecule has 0 saturated carbocycles. The van der Waals surface area contributed by atoms with E-state index in [0.29, 0.717) is 19.4 Å². The second-order valence-corrected chi connectivity index (χ2v) is 6.15. The first-order chi connectivity index (χ1) is 11.9. The molecule has 25 heavy (non-hydrogen) atoms. The third-order valence-electron chi connectivity index (χ3n) is 3.88. The number of benzene rings is 1. The van der Waals surface area contributed by atoms with Crippen LogP contribution in [0.15, 0.2) is 42.7 Å². The molecule has 2 aromatic rings. The van der Waals surface area contributed by atoms with Gasteiger partial charge in [0, 0.05) is 38.3 Å². The fourth-order valence-corrected chi connectivity index (χ4v) is 2.61. The van der Waals surface area contributed by atoms with Crippen molar-refractivity contribution in [3.05, 3.63) is 53.9 Å². The van der Waals surface area contributed by atoms with Crippen molar-refractivity contribution in [2.24, 2.45) is 7.05 Å². The van der Waals surface area contributed by atoms with Crippen molar-refractivity contribution in [3.63, 3.8) is 0 Å². The summed E-state index contributed by atoms with van der Waals surface area (Å²) < 4.78 is 1.69. The van der Waals surface area contributed by atoms with Crippen LogP contribution in [-0.4, -0.2) is 44.9 Å². The quantitative estimate of drug-likeness (QED) is 0.767. The number of urea groups is 1. The van der Waals surface area contributed by atoms with Gasteiger partial charge in [0.2, 0.25) is 0 Å². The van der Waals surface area contributed by atoms with Crippen LogP contribution >= 0.6 is 0 Å². The zero-order valence-electron chi connectivity index (χ0n) is 14.6. The number of hydrogen-bond acceptors (Lipinski definition) is 3. The van der Waals surface area contributed by atoms with E-state index in [-0.39, 0.29) is 18.5 Å². The minimum absolute atomic E-state index is 0.0180. The Labute approximate surface area is 147 Å². The number of carbonyl (C=O) groups is 2. The van der Waals surface area contributed by atoms with Crippen LogP contribution in [0, 0.1) is 0 Å². The zero-order chi connectivity index (χ0) is 18.2. The molecule has 1 aromatic carbocycles. The molecular weight excluding hydrogens is 320 g/mol. The zero-order valence-corrected chi connectivity index (χ0v) is 14.6. The van der Waals surface area contributed by atoms with E-state index in [1.54, 1.807) is 22.8 Å². The number of carboxylic acids is 1. The van der Waals surface area contributed by atoms with Crippen LogP contribution in [0.2, 0.25) is 0 Å². The molecule has 134 valence electrons. The molecule has 2 N–H and O–H groups in total. The molecule has 7 nitrogen and oxygen atoms in total. The van der Waals surface area contributed by atoms with Crippen molar-refractivity contribution in [2.45, 2.75) is 31.8 Å². The Balaban J connectivity index is 1.96. The Kier molecular flexibility index (Phi) is 6.56. The van der Waals surface area contributed by atoms with E-state index >= 15 is 0 Å². The highest BCUT2D eigenvalue weighted by atomic mass is 16.4. The lowest BCUT2D eigenvalue weighted by Crippen LogP contribution is -2.43. The van der Waals surface area contributed by atoms with Gasteiger partial charge in [0.1, 0.15) is 0 Å². The fraction of sp³-hybridized carbons (Fsp3) is 0.389. The second kappa shape index (κ2) is 8.86. The van der Waals surface area contributed by atoms with Gasteiger partial charge in [-0.2, -0.15) is 5.10 Å². The Morgan fingerprint density at radius 1 is 1.28 bits per heavy atom. The molecule has 0 aliphatic heterocycles. The number of rotatable bonds is 8. The fourth-order valence-electron chi connectivity index (χ4n) is 2.61. The Bertz CT molecular complexity index is 699. The average Bonchev–Trinajstić information content (AvgIpc) is 2.98. The third kappa shape index (κ3) is 6.29. The molecule has 1 heterocycles. The Morgan fingerprint density at radius 3 is 2.60 bits per heavy atom. The smallest absolute Gasteiger partial charge is 0.317 e. The van der Waals surface area contributed by atoms with Gasteiger partial charge in [-0.1, -0.05) is 30.3 Å². The van der Waals surface area contributed by atoms with Gasteiger partial charge < -0.3 is 15.3 Å². The van der Waals surface area contributed by atoms with Gasteiger partial charge in [-0.05, 0) is 18.4 Å². The highest BCUT2D eigenvalue weighted by molar-refractivity contribution is 5.74. The molecule has 0 aliphatic carbocycles.